The van der Waals surface area contributed by atoms with Crippen LogP contribution < -0.4 is 5.32 Å². The van der Waals surface area contributed by atoms with Crippen molar-refractivity contribution in [3.8, 4) is 16.9 Å². The van der Waals surface area contributed by atoms with E-state index in [1.165, 1.54) is 28.6 Å². The summed E-state index contributed by atoms with van der Waals surface area (Å²) < 4.78 is 35.7. The number of anilines is 1. The lowest BCUT2D eigenvalue weighted by Crippen LogP contribution is -2.45. The number of nitrogens with zero attached hydrogens (tertiary/aromatic N) is 4. The van der Waals surface area contributed by atoms with Crippen LogP contribution in [0.1, 0.15) is 5.56 Å². The fraction of sp³-hybridized carbons (Fsp3) is 0.267. The molecule has 12 heteroatoms. The summed E-state index contributed by atoms with van der Waals surface area (Å²) >= 11 is 12.1. The molecule has 1 aromatic heterocycles. The van der Waals surface area contributed by atoms with Gasteiger partial charge in [0.1, 0.15) is 0 Å². The number of rotatable bonds is 10. The van der Waals surface area contributed by atoms with Gasteiger partial charge in [-0.05, 0) is 55.5 Å². The number of sulfonamides is 1. The average Bonchev–Trinajstić information content (AvgIpc) is 3.40. The fourth-order valence-electron chi connectivity index (χ4n) is 4.57. The number of benzene rings is 3. The van der Waals surface area contributed by atoms with Crippen molar-refractivity contribution in [1.29, 1.82) is 0 Å². The fourth-order valence-corrected chi connectivity index (χ4v) is 6.21. The van der Waals surface area contributed by atoms with E-state index in [1.807, 2.05) is 49.5 Å². The van der Waals surface area contributed by atoms with Gasteiger partial charge in [0, 0.05) is 53.7 Å². The third-order valence-electron chi connectivity index (χ3n) is 6.95. The van der Waals surface area contributed by atoms with Crippen LogP contribution in [0.2, 0.25) is 10.0 Å². The van der Waals surface area contributed by atoms with Crippen LogP contribution in [-0.2, 0) is 19.6 Å². The topological polar surface area (TPSA) is 96.8 Å². The van der Waals surface area contributed by atoms with E-state index in [1.54, 1.807) is 16.7 Å². The predicted octanol–water partition coefficient (Wildman–Crippen LogP) is 5.12. The highest BCUT2D eigenvalue weighted by Gasteiger charge is 2.28. The first-order valence-electron chi connectivity index (χ1n) is 13.5. The third kappa shape index (κ3) is 7.38. The first kappa shape index (κ1) is 30.2. The second-order valence-electron chi connectivity index (χ2n) is 9.96. The molecule has 1 aliphatic rings. The Bertz CT molecular complexity index is 1620. The van der Waals surface area contributed by atoms with Crippen LogP contribution in [0.5, 0.6) is 0 Å². The van der Waals surface area contributed by atoms with Gasteiger partial charge in [-0.2, -0.15) is 4.31 Å². The van der Waals surface area contributed by atoms with Gasteiger partial charge in [0.2, 0.25) is 21.9 Å². The van der Waals surface area contributed by atoms with E-state index in [0.717, 1.165) is 16.8 Å². The van der Waals surface area contributed by atoms with Crippen molar-refractivity contribution in [2.45, 2.75) is 11.8 Å². The Balaban J connectivity index is 1.42. The normalized spacial score (nSPS) is 14.3. The lowest BCUT2D eigenvalue weighted by Gasteiger charge is -2.29. The zero-order valence-electron chi connectivity index (χ0n) is 23.0. The highest BCUT2D eigenvalue weighted by Crippen LogP contribution is 2.26. The van der Waals surface area contributed by atoms with E-state index in [2.05, 4.69) is 15.2 Å². The molecule has 9 nitrogen and oxygen atoms in total. The third-order valence-corrected chi connectivity index (χ3v) is 9.31. The van der Waals surface area contributed by atoms with Gasteiger partial charge in [0.05, 0.1) is 30.3 Å². The minimum atomic E-state index is -4.00. The Morgan fingerprint density at radius 1 is 0.952 bits per heavy atom. The first-order chi connectivity index (χ1) is 20.2. The number of amides is 1. The molecule has 1 saturated heterocycles. The first-order valence-corrected chi connectivity index (χ1v) is 15.7. The van der Waals surface area contributed by atoms with Gasteiger partial charge in [-0.1, -0.05) is 53.0 Å². The standard InChI is InChI=1S/C30H31Cl2N5O4S/c1-22-2-10-26(11-3-22)37-20-28(23-4-6-24(31)7-5-23)33-30(37)34-29(38)21-36(15-14-35-16-18-41-19-17-35)42(39,40)27-12-8-25(32)9-13-27/h2-13,20H,14-19,21H2,1H3,(H,33,34,38). The number of halogens is 2. The van der Waals surface area contributed by atoms with Gasteiger partial charge in [-0.3, -0.25) is 19.6 Å². The van der Waals surface area contributed by atoms with Gasteiger partial charge < -0.3 is 4.74 Å². The van der Waals surface area contributed by atoms with Crippen LogP contribution in [0.25, 0.3) is 16.9 Å². The quantitative estimate of drug-likeness (QED) is 0.262. The lowest BCUT2D eigenvalue weighted by molar-refractivity contribution is -0.116. The molecular weight excluding hydrogens is 597 g/mol. The van der Waals surface area contributed by atoms with Gasteiger partial charge in [0.15, 0.2) is 0 Å². The maximum Gasteiger partial charge on any atom is 0.243 e. The molecule has 4 aromatic rings. The summed E-state index contributed by atoms with van der Waals surface area (Å²) in [6, 6.07) is 21.0. The number of ether oxygens (including phenoxy) is 1. The van der Waals surface area contributed by atoms with E-state index in [4.69, 9.17) is 27.9 Å². The largest absolute Gasteiger partial charge is 0.379 e. The maximum atomic E-state index is 13.7. The summed E-state index contributed by atoms with van der Waals surface area (Å²) in [4.78, 5) is 20.4. The number of hydrogen-bond donors (Lipinski definition) is 1. The molecule has 3 aromatic carbocycles. The van der Waals surface area contributed by atoms with Crippen LogP contribution in [0.3, 0.4) is 0 Å². The van der Waals surface area contributed by atoms with Crippen molar-refractivity contribution in [3.05, 3.63) is 94.6 Å². The molecule has 1 amide bonds. The van der Waals surface area contributed by atoms with Crippen LogP contribution in [0.4, 0.5) is 5.95 Å². The molecular formula is C30H31Cl2N5O4S. The number of carbonyl (C=O) groups excluding carboxylic acids is 1. The average molecular weight is 629 g/mol. The Hall–Kier alpha value is -3.25. The lowest BCUT2D eigenvalue weighted by atomic mass is 10.2. The highest BCUT2D eigenvalue weighted by atomic mass is 35.5. The molecule has 0 bridgehead atoms. The molecule has 220 valence electrons. The number of hydrogen-bond acceptors (Lipinski definition) is 6. The number of aryl methyl sites for hydroxylation is 1. The van der Waals surface area contributed by atoms with E-state index in [-0.39, 0.29) is 17.4 Å². The molecule has 0 atom stereocenters. The van der Waals surface area contributed by atoms with E-state index in [9.17, 15) is 13.2 Å². The smallest absolute Gasteiger partial charge is 0.243 e. The molecule has 0 spiro atoms. The number of imidazole rings is 1. The molecule has 1 fully saturated rings. The SMILES string of the molecule is Cc1ccc(-n2cc(-c3ccc(Cl)cc3)nc2NC(=O)CN(CCN2CCOCC2)S(=O)(=O)c2ccc(Cl)cc2)cc1. The van der Waals surface area contributed by atoms with Crippen LogP contribution >= 0.6 is 23.2 Å². The molecule has 2 heterocycles. The Morgan fingerprint density at radius 3 is 2.21 bits per heavy atom. The highest BCUT2D eigenvalue weighted by molar-refractivity contribution is 7.89. The van der Waals surface area contributed by atoms with Crippen molar-refractivity contribution < 1.29 is 17.9 Å². The number of aromatic nitrogens is 2. The summed E-state index contributed by atoms with van der Waals surface area (Å²) in [5.74, 6) is -0.248. The minimum Gasteiger partial charge on any atom is -0.379 e. The molecule has 0 radical (unpaired) electrons. The van der Waals surface area contributed by atoms with E-state index in [0.29, 0.717) is 48.6 Å². The van der Waals surface area contributed by atoms with Crippen molar-refractivity contribution in [3.63, 3.8) is 0 Å². The molecule has 42 heavy (non-hydrogen) atoms. The van der Waals surface area contributed by atoms with Crippen molar-refractivity contribution in [2.24, 2.45) is 0 Å². The van der Waals surface area contributed by atoms with Gasteiger partial charge in [-0.25, -0.2) is 13.4 Å². The summed E-state index contributed by atoms with van der Waals surface area (Å²) in [6.45, 7) is 4.75. The number of nitrogens with one attached hydrogen (secondary N) is 1. The van der Waals surface area contributed by atoms with Crippen LogP contribution in [0, 0.1) is 6.92 Å². The monoisotopic (exact) mass is 627 g/mol. The molecule has 0 aliphatic carbocycles. The Labute approximate surface area is 255 Å². The molecule has 1 N–H and O–H groups in total. The second kappa shape index (κ2) is 13.4. The summed E-state index contributed by atoms with van der Waals surface area (Å²) in [5.41, 5.74) is 3.32. The second-order valence-corrected chi connectivity index (χ2v) is 12.8. The molecule has 5 rings (SSSR count). The summed E-state index contributed by atoms with van der Waals surface area (Å²) in [7, 11) is -4.00. The number of carbonyl (C=O) groups is 1. The minimum absolute atomic E-state index is 0.0628. The maximum absolute atomic E-state index is 13.7. The molecule has 1 aliphatic heterocycles. The predicted molar refractivity (Wildman–Crippen MR) is 165 cm³/mol. The van der Waals surface area contributed by atoms with Crippen molar-refractivity contribution in [2.75, 3.05) is 51.3 Å². The van der Waals surface area contributed by atoms with Gasteiger partial charge >= 0.3 is 0 Å². The summed E-state index contributed by atoms with van der Waals surface area (Å²) in [5, 5.41) is 3.88. The molecule has 0 unspecified atom stereocenters. The van der Waals surface area contributed by atoms with Gasteiger partial charge in [0.25, 0.3) is 0 Å². The van der Waals surface area contributed by atoms with Crippen LogP contribution in [-0.4, -0.2) is 79.0 Å². The van der Waals surface area contributed by atoms with E-state index < -0.39 is 22.5 Å². The van der Waals surface area contributed by atoms with Crippen molar-refractivity contribution in [1.82, 2.24) is 18.8 Å². The zero-order chi connectivity index (χ0) is 29.7. The Kier molecular flexibility index (Phi) is 9.62. The Morgan fingerprint density at radius 2 is 1.57 bits per heavy atom. The van der Waals surface area contributed by atoms with Crippen molar-refractivity contribution >= 4 is 45.1 Å². The van der Waals surface area contributed by atoms with Gasteiger partial charge in [-0.15, -0.1) is 0 Å². The van der Waals surface area contributed by atoms with Crippen LogP contribution in [0.15, 0.2) is 83.9 Å². The zero-order valence-corrected chi connectivity index (χ0v) is 25.4. The molecule has 0 saturated carbocycles. The number of morpholine rings is 1. The van der Waals surface area contributed by atoms with E-state index >= 15 is 0 Å². The summed E-state index contributed by atoms with van der Waals surface area (Å²) in [6.07, 6.45) is 1.82.